The monoisotopic (exact) mass is 431 g/mol. The van der Waals surface area contributed by atoms with Crippen LogP contribution in [0.2, 0.25) is 0 Å². The summed E-state index contributed by atoms with van der Waals surface area (Å²) in [6, 6.07) is 17.4. The summed E-state index contributed by atoms with van der Waals surface area (Å²) in [5.41, 5.74) is 0.826. The maximum Gasteiger partial charge on any atom is 0.241 e. The number of nitrogens with zero attached hydrogens (tertiary/aromatic N) is 2. The van der Waals surface area contributed by atoms with Crippen molar-refractivity contribution in [3.8, 4) is 5.75 Å². The molecular weight excluding hydrogens is 406 g/mol. The van der Waals surface area contributed by atoms with Gasteiger partial charge in [0.1, 0.15) is 12.4 Å². The third-order valence-corrected chi connectivity index (χ3v) is 5.39. The van der Waals surface area contributed by atoms with Crippen LogP contribution in [0.1, 0.15) is 6.92 Å². The lowest BCUT2D eigenvalue weighted by Crippen LogP contribution is -2.53. The van der Waals surface area contributed by atoms with Gasteiger partial charge >= 0.3 is 0 Å². The quantitative estimate of drug-likeness (QED) is 0.728. The Balaban J connectivity index is 1.38. The largest absolute Gasteiger partial charge is 0.492 e. The highest BCUT2D eigenvalue weighted by Gasteiger charge is 2.25. The molecule has 1 heterocycles. The van der Waals surface area contributed by atoms with E-state index >= 15 is 0 Å². The van der Waals surface area contributed by atoms with Crippen LogP contribution in [-0.4, -0.2) is 61.1 Å². The molecule has 0 aromatic heterocycles. The Hall–Kier alpha value is -1.89. The van der Waals surface area contributed by atoms with Gasteiger partial charge in [-0.1, -0.05) is 34.1 Å². The predicted molar refractivity (Wildman–Crippen MR) is 112 cm³/mol. The molecule has 0 aliphatic carbocycles. The molecule has 2 aromatic rings. The summed E-state index contributed by atoms with van der Waals surface area (Å²) in [7, 11) is 0. The number of para-hydroxylation sites is 1. The number of carbonyl (C=O) groups excluding carboxylic acids is 1. The summed E-state index contributed by atoms with van der Waals surface area (Å²) in [4.78, 5) is 17.1. The molecule has 0 saturated carbocycles. The van der Waals surface area contributed by atoms with Gasteiger partial charge in [0, 0.05) is 42.9 Å². The van der Waals surface area contributed by atoms with Crippen LogP contribution in [0.5, 0.6) is 5.75 Å². The molecule has 1 fully saturated rings. The molecule has 6 heteroatoms. The number of anilines is 1. The fourth-order valence-corrected chi connectivity index (χ4v) is 3.39. The van der Waals surface area contributed by atoms with Crippen molar-refractivity contribution in [2.24, 2.45) is 0 Å². The first-order chi connectivity index (χ1) is 13.1. The van der Waals surface area contributed by atoms with Crippen molar-refractivity contribution in [3.05, 3.63) is 59.1 Å². The molecule has 2 aromatic carbocycles. The third kappa shape index (κ3) is 6.06. The molecule has 144 valence electrons. The number of halogens is 1. The van der Waals surface area contributed by atoms with Gasteiger partial charge in [-0.3, -0.25) is 14.6 Å². The maximum absolute atomic E-state index is 12.5. The first kappa shape index (κ1) is 19.9. The topological polar surface area (TPSA) is 44.8 Å². The first-order valence-electron chi connectivity index (χ1n) is 9.32. The van der Waals surface area contributed by atoms with E-state index in [9.17, 15) is 4.79 Å². The van der Waals surface area contributed by atoms with Crippen molar-refractivity contribution < 1.29 is 9.53 Å². The van der Waals surface area contributed by atoms with Gasteiger partial charge in [-0.15, -0.1) is 0 Å². The molecule has 0 bridgehead atoms. The molecule has 1 aliphatic heterocycles. The summed E-state index contributed by atoms with van der Waals surface area (Å²) in [5.74, 6) is 0.951. The van der Waals surface area contributed by atoms with Gasteiger partial charge < -0.3 is 10.1 Å². The number of carbonyl (C=O) groups is 1. The van der Waals surface area contributed by atoms with Gasteiger partial charge in [0.15, 0.2) is 0 Å². The fraction of sp³-hybridized carbons (Fsp3) is 0.381. The highest BCUT2D eigenvalue weighted by molar-refractivity contribution is 9.10. The molecule has 1 N–H and O–H groups in total. The number of nitrogens with one attached hydrogen (secondary N) is 1. The molecule has 1 unspecified atom stereocenters. The van der Waals surface area contributed by atoms with Crippen LogP contribution in [0, 0.1) is 0 Å². The lowest BCUT2D eigenvalue weighted by Gasteiger charge is -2.37. The number of hydrogen-bond acceptors (Lipinski definition) is 4. The van der Waals surface area contributed by atoms with E-state index in [1.165, 1.54) is 0 Å². The van der Waals surface area contributed by atoms with Gasteiger partial charge in [0.05, 0.1) is 6.04 Å². The predicted octanol–water partition coefficient (Wildman–Crippen LogP) is 3.47. The molecule has 0 spiro atoms. The Morgan fingerprint density at radius 2 is 1.74 bits per heavy atom. The Labute approximate surface area is 169 Å². The molecule has 1 amide bonds. The minimum atomic E-state index is -0.142. The summed E-state index contributed by atoms with van der Waals surface area (Å²) < 4.78 is 6.77. The van der Waals surface area contributed by atoms with E-state index in [0.717, 1.165) is 48.6 Å². The number of benzene rings is 2. The van der Waals surface area contributed by atoms with Gasteiger partial charge in [-0.2, -0.15) is 0 Å². The molecule has 27 heavy (non-hydrogen) atoms. The van der Waals surface area contributed by atoms with E-state index in [1.807, 2.05) is 61.5 Å². The van der Waals surface area contributed by atoms with Crippen LogP contribution in [0.15, 0.2) is 59.1 Å². The summed E-state index contributed by atoms with van der Waals surface area (Å²) in [6.07, 6.45) is 0. The number of piperazine rings is 1. The zero-order valence-electron chi connectivity index (χ0n) is 15.6. The Morgan fingerprint density at radius 3 is 2.41 bits per heavy atom. The van der Waals surface area contributed by atoms with Crippen LogP contribution >= 0.6 is 15.9 Å². The lowest BCUT2D eigenvalue weighted by atomic mass is 10.2. The van der Waals surface area contributed by atoms with E-state index in [4.69, 9.17) is 4.74 Å². The lowest BCUT2D eigenvalue weighted by molar-refractivity contribution is -0.121. The maximum atomic E-state index is 12.5. The average Bonchev–Trinajstić information content (AvgIpc) is 2.70. The smallest absolute Gasteiger partial charge is 0.241 e. The molecule has 1 saturated heterocycles. The molecule has 1 atom stereocenters. The number of hydrogen-bond donors (Lipinski definition) is 1. The van der Waals surface area contributed by atoms with Gasteiger partial charge in [-0.25, -0.2) is 0 Å². The molecule has 0 radical (unpaired) electrons. The van der Waals surface area contributed by atoms with Crippen LogP contribution in [0.3, 0.4) is 0 Å². The number of ether oxygens (including phenoxy) is 1. The Bertz CT molecular complexity index is 716. The zero-order valence-corrected chi connectivity index (χ0v) is 17.2. The van der Waals surface area contributed by atoms with Crippen molar-refractivity contribution in [2.45, 2.75) is 13.0 Å². The fourth-order valence-electron chi connectivity index (χ4n) is 3.13. The summed E-state index contributed by atoms with van der Waals surface area (Å²) in [5, 5.41) is 2.99. The Morgan fingerprint density at radius 1 is 1.07 bits per heavy atom. The second-order valence-corrected chi connectivity index (χ2v) is 7.63. The van der Waals surface area contributed by atoms with Crippen molar-refractivity contribution in [3.63, 3.8) is 0 Å². The van der Waals surface area contributed by atoms with Gasteiger partial charge in [-0.05, 0) is 43.3 Å². The van der Waals surface area contributed by atoms with Crippen molar-refractivity contribution in [1.29, 1.82) is 0 Å². The van der Waals surface area contributed by atoms with Gasteiger partial charge in [0.2, 0.25) is 5.91 Å². The zero-order chi connectivity index (χ0) is 19.1. The summed E-state index contributed by atoms with van der Waals surface area (Å²) >= 11 is 3.41. The van der Waals surface area contributed by atoms with Crippen LogP contribution < -0.4 is 10.1 Å². The normalized spacial score (nSPS) is 16.7. The van der Waals surface area contributed by atoms with Crippen LogP contribution in [0.25, 0.3) is 0 Å². The van der Waals surface area contributed by atoms with Gasteiger partial charge in [0.25, 0.3) is 0 Å². The standard InChI is InChI=1S/C21H26BrN3O2/c1-17(21(26)23-19-9-7-18(22)8-10-19)25-13-11-24(12-14-25)15-16-27-20-5-3-2-4-6-20/h2-10,17H,11-16H2,1H3,(H,23,26). The van der Waals surface area contributed by atoms with Crippen LogP contribution in [-0.2, 0) is 4.79 Å². The second kappa shape index (κ2) is 9.88. The highest BCUT2D eigenvalue weighted by Crippen LogP contribution is 2.15. The molecule has 1 aliphatic rings. The van der Waals surface area contributed by atoms with E-state index in [2.05, 4.69) is 31.0 Å². The molecule has 5 nitrogen and oxygen atoms in total. The number of rotatable bonds is 7. The highest BCUT2D eigenvalue weighted by atomic mass is 79.9. The van der Waals surface area contributed by atoms with Crippen molar-refractivity contribution in [2.75, 3.05) is 44.6 Å². The first-order valence-corrected chi connectivity index (χ1v) is 10.1. The third-order valence-electron chi connectivity index (χ3n) is 4.87. The minimum absolute atomic E-state index is 0.0400. The summed E-state index contributed by atoms with van der Waals surface area (Å²) in [6.45, 7) is 7.25. The molecule has 3 rings (SSSR count). The average molecular weight is 432 g/mol. The van der Waals surface area contributed by atoms with E-state index in [1.54, 1.807) is 0 Å². The van der Waals surface area contributed by atoms with Crippen molar-refractivity contribution in [1.82, 2.24) is 9.80 Å². The molecular formula is C21H26BrN3O2. The van der Waals surface area contributed by atoms with Crippen molar-refractivity contribution >= 4 is 27.5 Å². The number of amides is 1. The van der Waals surface area contributed by atoms with E-state index < -0.39 is 0 Å². The van der Waals surface area contributed by atoms with E-state index in [-0.39, 0.29) is 11.9 Å². The SMILES string of the molecule is CC(C(=O)Nc1ccc(Br)cc1)N1CCN(CCOc2ccccc2)CC1. The minimum Gasteiger partial charge on any atom is -0.492 e. The van der Waals surface area contributed by atoms with Crippen LogP contribution in [0.4, 0.5) is 5.69 Å². The van der Waals surface area contributed by atoms with E-state index in [0.29, 0.717) is 6.61 Å². The second-order valence-electron chi connectivity index (χ2n) is 6.71. The Kier molecular flexibility index (Phi) is 7.26.